The van der Waals surface area contributed by atoms with E-state index in [1.54, 1.807) is 16.7 Å². The summed E-state index contributed by atoms with van der Waals surface area (Å²) in [4.78, 5) is 23.8. The van der Waals surface area contributed by atoms with Crippen LogP contribution in [0.2, 0.25) is 0 Å². The minimum absolute atomic E-state index is 0.150. The number of carbonyl (C=O) groups excluding carboxylic acids is 1. The summed E-state index contributed by atoms with van der Waals surface area (Å²) in [6.07, 6.45) is 8.10. The molecule has 4 rings (SSSR count). The van der Waals surface area contributed by atoms with Crippen molar-refractivity contribution in [2.75, 3.05) is 12.8 Å². The average Bonchev–Trinajstić information content (AvgIpc) is 3.13. The van der Waals surface area contributed by atoms with Gasteiger partial charge >= 0.3 is 0 Å². The van der Waals surface area contributed by atoms with E-state index in [0.29, 0.717) is 18.3 Å². The van der Waals surface area contributed by atoms with E-state index < -0.39 is 0 Å². The van der Waals surface area contributed by atoms with E-state index in [4.69, 9.17) is 4.98 Å². The standard InChI is InChI=1S/C23H28N4OS/c1-26(15-18-9-4-2-5-10-18)22(28)17-29-16-21-25-20-13-8-14-24-23(20)27(21)19-11-6-3-7-12-19/h2,4-5,8-10,13-14,19H,3,6-7,11-12,15-17H2,1H3. The van der Waals surface area contributed by atoms with Crippen molar-refractivity contribution in [3.63, 3.8) is 0 Å². The quantitative estimate of drug-likeness (QED) is 0.562. The Balaban J connectivity index is 1.41. The van der Waals surface area contributed by atoms with E-state index in [9.17, 15) is 4.79 Å². The zero-order valence-electron chi connectivity index (χ0n) is 17.0. The van der Waals surface area contributed by atoms with Crippen molar-refractivity contribution >= 4 is 28.8 Å². The van der Waals surface area contributed by atoms with Crippen LogP contribution in [-0.4, -0.2) is 38.1 Å². The SMILES string of the molecule is CN(Cc1ccccc1)C(=O)CSCc1nc2cccnc2n1C1CCCCC1. The molecule has 0 radical (unpaired) electrons. The number of benzene rings is 1. The maximum absolute atomic E-state index is 12.6. The number of hydrogen-bond acceptors (Lipinski definition) is 4. The Hall–Kier alpha value is -2.34. The highest BCUT2D eigenvalue weighted by Crippen LogP contribution is 2.32. The predicted molar refractivity (Wildman–Crippen MR) is 119 cm³/mol. The molecule has 0 atom stereocenters. The first-order chi connectivity index (χ1) is 14.2. The zero-order chi connectivity index (χ0) is 20.1. The first-order valence-corrected chi connectivity index (χ1v) is 11.6. The summed E-state index contributed by atoms with van der Waals surface area (Å²) in [5.41, 5.74) is 3.10. The molecule has 0 saturated heterocycles. The fourth-order valence-electron chi connectivity index (χ4n) is 4.09. The number of aromatic nitrogens is 3. The van der Waals surface area contributed by atoms with Crippen molar-refractivity contribution in [1.82, 2.24) is 19.4 Å². The monoisotopic (exact) mass is 408 g/mol. The topological polar surface area (TPSA) is 51.0 Å². The molecule has 1 aliphatic rings. The Kier molecular flexibility index (Phi) is 6.49. The number of fused-ring (bicyclic) bond motifs is 1. The third-order valence-electron chi connectivity index (χ3n) is 5.61. The summed E-state index contributed by atoms with van der Waals surface area (Å²) in [5, 5.41) is 0. The van der Waals surface area contributed by atoms with Crippen molar-refractivity contribution in [2.45, 2.75) is 50.4 Å². The Bertz CT molecular complexity index is 950. The molecule has 29 heavy (non-hydrogen) atoms. The molecule has 0 N–H and O–H groups in total. The molecule has 1 amide bonds. The Morgan fingerprint density at radius 2 is 1.93 bits per heavy atom. The first kappa shape index (κ1) is 20.0. The van der Waals surface area contributed by atoms with Crippen LogP contribution >= 0.6 is 11.8 Å². The minimum Gasteiger partial charge on any atom is -0.341 e. The highest BCUT2D eigenvalue weighted by Gasteiger charge is 2.22. The lowest BCUT2D eigenvalue weighted by Crippen LogP contribution is -2.27. The van der Waals surface area contributed by atoms with E-state index in [0.717, 1.165) is 28.3 Å². The van der Waals surface area contributed by atoms with Crippen molar-refractivity contribution in [3.8, 4) is 0 Å². The second-order valence-electron chi connectivity index (χ2n) is 7.76. The molecule has 0 spiro atoms. The van der Waals surface area contributed by atoms with Crippen LogP contribution in [0.1, 0.15) is 49.5 Å². The van der Waals surface area contributed by atoms with Crippen molar-refractivity contribution < 1.29 is 4.79 Å². The Labute approximate surface area is 176 Å². The smallest absolute Gasteiger partial charge is 0.232 e. The summed E-state index contributed by atoms with van der Waals surface area (Å²) in [6.45, 7) is 0.644. The normalized spacial score (nSPS) is 14.9. The molecule has 1 aromatic carbocycles. The van der Waals surface area contributed by atoms with Gasteiger partial charge in [0.15, 0.2) is 5.65 Å². The second kappa shape index (κ2) is 9.44. The minimum atomic E-state index is 0.150. The third kappa shape index (κ3) is 4.81. The third-order valence-corrected chi connectivity index (χ3v) is 6.52. The molecule has 3 aromatic rings. The average molecular weight is 409 g/mol. The van der Waals surface area contributed by atoms with Gasteiger partial charge in [-0.05, 0) is 30.5 Å². The summed E-state index contributed by atoms with van der Waals surface area (Å²) >= 11 is 1.64. The fourth-order valence-corrected chi connectivity index (χ4v) is 4.97. The number of pyridine rings is 1. The molecule has 2 aromatic heterocycles. The summed E-state index contributed by atoms with van der Waals surface area (Å²) < 4.78 is 2.35. The molecule has 1 saturated carbocycles. The van der Waals surface area contributed by atoms with Crippen molar-refractivity contribution in [1.29, 1.82) is 0 Å². The largest absolute Gasteiger partial charge is 0.341 e. The van der Waals surface area contributed by atoms with E-state index in [1.165, 1.54) is 32.1 Å². The fraction of sp³-hybridized carbons (Fsp3) is 0.435. The highest BCUT2D eigenvalue weighted by atomic mass is 32.2. The number of nitrogens with zero attached hydrogens (tertiary/aromatic N) is 4. The maximum Gasteiger partial charge on any atom is 0.232 e. The van der Waals surface area contributed by atoms with E-state index in [1.807, 2.05) is 43.6 Å². The van der Waals surface area contributed by atoms with Gasteiger partial charge in [-0.25, -0.2) is 9.97 Å². The summed E-state index contributed by atoms with van der Waals surface area (Å²) in [7, 11) is 1.87. The van der Waals surface area contributed by atoms with Crippen LogP contribution in [0, 0.1) is 0 Å². The molecule has 2 heterocycles. The number of carbonyl (C=O) groups is 1. The van der Waals surface area contributed by atoms with Gasteiger partial charge in [-0.1, -0.05) is 49.6 Å². The molecule has 1 fully saturated rings. The number of imidazole rings is 1. The summed E-state index contributed by atoms with van der Waals surface area (Å²) in [5.74, 6) is 2.40. The lowest BCUT2D eigenvalue weighted by Gasteiger charge is -2.25. The van der Waals surface area contributed by atoms with Crippen LogP contribution in [0.3, 0.4) is 0 Å². The van der Waals surface area contributed by atoms with Gasteiger partial charge in [0.05, 0.1) is 11.5 Å². The lowest BCUT2D eigenvalue weighted by atomic mass is 9.95. The lowest BCUT2D eigenvalue weighted by molar-refractivity contribution is -0.127. The van der Waals surface area contributed by atoms with Crippen LogP contribution < -0.4 is 0 Å². The van der Waals surface area contributed by atoms with Gasteiger partial charge in [-0.3, -0.25) is 4.79 Å². The molecular formula is C23H28N4OS. The van der Waals surface area contributed by atoms with Gasteiger partial charge in [-0.2, -0.15) is 0 Å². The van der Waals surface area contributed by atoms with Gasteiger partial charge in [0.2, 0.25) is 5.91 Å². The number of rotatable bonds is 7. The zero-order valence-corrected chi connectivity index (χ0v) is 17.8. The predicted octanol–water partition coefficient (Wildman–Crippen LogP) is 4.83. The van der Waals surface area contributed by atoms with Gasteiger partial charge in [0, 0.05) is 25.8 Å². The first-order valence-electron chi connectivity index (χ1n) is 10.4. The number of thioether (sulfide) groups is 1. The number of amides is 1. The molecule has 6 heteroatoms. The van der Waals surface area contributed by atoms with E-state index >= 15 is 0 Å². The Morgan fingerprint density at radius 3 is 2.72 bits per heavy atom. The van der Waals surface area contributed by atoms with Gasteiger partial charge < -0.3 is 9.47 Å². The van der Waals surface area contributed by atoms with E-state index in [2.05, 4.69) is 21.7 Å². The molecule has 0 unspecified atom stereocenters. The second-order valence-corrected chi connectivity index (χ2v) is 8.75. The van der Waals surface area contributed by atoms with Crippen LogP contribution in [0.4, 0.5) is 0 Å². The Morgan fingerprint density at radius 1 is 1.14 bits per heavy atom. The molecule has 152 valence electrons. The van der Waals surface area contributed by atoms with E-state index in [-0.39, 0.29) is 5.91 Å². The van der Waals surface area contributed by atoms with Gasteiger partial charge in [-0.15, -0.1) is 11.8 Å². The summed E-state index contributed by atoms with van der Waals surface area (Å²) in [6, 6.07) is 14.6. The van der Waals surface area contributed by atoms with Gasteiger partial charge in [0.1, 0.15) is 11.3 Å². The molecule has 0 bridgehead atoms. The molecular weight excluding hydrogens is 380 g/mol. The molecule has 5 nitrogen and oxygen atoms in total. The van der Waals surface area contributed by atoms with Crippen LogP contribution in [0.15, 0.2) is 48.7 Å². The van der Waals surface area contributed by atoms with Crippen LogP contribution in [0.25, 0.3) is 11.2 Å². The molecule has 1 aliphatic carbocycles. The number of hydrogen-bond donors (Lipinski definition) is 0. The van der Waals surface area contributed by atoms with Crippen LogP contribution in [-0.2, 0) is 17.1 Å². The highest BCUT2D eigenvalue weighted by molar-refractivity contribution is 7.99. The van der Waals surface area contributed by atoms with Gasteiger partial charge in [0.25, 0.3) is 0 Å². The molecule has 0 aliphatic heterocycles. The van der Waals surface area contributed by atoms with Crippen LogP contribution in [0.5, 0.6) is 0 Å². The van der Waals surface area contributed by atoms with Crippen molar-refractivity contribution in [2.24, 2.45) is 0 Å². The van der Waals surface area contributed by atoms with Crippen molar-refractivity contribution in [3.05, 3.63) is 60.0 Å². The maximum atomic E-state index is 12.6.